The molecule has 122 valence electrons. The van der Waals surface area contributed by atoms with E-state index in [2.05, 4.69) is 42.2 Å². The molecule has 0 bridgehead atoms. The van der Waals surface area contributed by atoms with Crippen LogP contribution in [0.3, 0.4) is 0 Å². The number of hydrogen-bond donors (Lipinski definition) is 0. The zero-order valence-corrected chi connectivity index (χ0v) is 14.2. The van der Waals surface area contributed by atoms with Crippen LogP contribution in [-0.2, 0) is 9.53 Å². The molecule has 1 aromatic carbocycles. The molecule has 0 atom stereocenters. The highest BCUT2D eigenvalue weighted by Gasteiger charge is 2.18. The summed E-state index contributed by atoms with van der Waals surface area (Å²) in [5.41, 5.74) is 3.42. The molecule has 2 heterocycles. The predicted octanol–water partition coefficient (Wildman–Crippen LogP) is 1.84. The highest BCUT2D eigenvalue weighted by Crippen LogP contribution is 2.23. The van der Waals surface area contributed by atoms with E-state index in [0.717, 1.165) is 16.4 Å². The molecule has 23 heavy (non-hydrogen) atoms. The Hall–Kier alpha value is -1.86. The van der Waals surface area contributed by atoms with Crippen LogP contribution in [0.25, 0.3) is 5.69 Å². The molecular formula is C16H20N4O2S. The molecule has 0 unspecified atom stereocenters. The quantitative estimate of drug-likeness (QED) is 0.800. The van der Waals surface area contributed by atoms with Crippen molar-refractivity contribution in [2.45, 2.75) is 19.0 Å². The lowest BCUT2D eigenvalue weighted by molar-refractivity contribution is -0.132. The molecule has 3 rings (SSSR count). The number of aryl methyl sites for hydroxylation is 2. The van der Waals surface area contributed by atoms with Gasteiger partial charge in [0, 0.05) is 13.1 Å². The van der Waals surface area contributed by atoms with Crippen LogP contribution < -0.4 is 0 Å². The first-order valence-corrected chi connectivity index (χ1v) is 8.59. The third kappa shape index (κ3) is 3.73. The van der Waals surface area contributed by atoms with Crippen molar-refractivity contribution >= 4 is 17.7 Å². The zero-order chi connectivity index (χ0) is 16.2. The van der Waals surface area contributed by atoms with E-state index in [4.69, 9.17) is 4.74 Å². The standard InChI is InChI=1S/C16H20N4O2S/c1-12-3-4-14(13(2)9-12)20-11-17-18-16(20)23-10-15(21)19-5-7-22-8-6-19/h3-4,9,11H,5-8,10H2,1-2H3. The van der Waals surface area contributed by atoms with Gasteiger partial charge in [-0.05, 0) is 25.5 Å². The van der Waals surface area contributed by atoms with Crippen LogP contribution >= 0.6 is 11.8 Å². The Morgan fingerprint density at radius 3 is 2.83 bits per heavy atom. The van der Waals surface area contributed by atoms with Crippen LogP contribution in [0.1, 0.15) is 11.1 Å². The van der Waals surface area contributed by atoms with Gasteiger partial charge in [0.2, 0.25) is 5.91 Å². The molecule has 1 aromatic heterocycles. The largest absolute Gasteiger partial charge is 0.378 e. The summed E-state index contributed by atoms with van der Waals surface area (Å²) in [5, 5.41) is 8.89. The predicted molar refractivity (Wildman–Crippen MR) is 89.0 cm³/mol. The smallest absolute Gasteiger partial charge is 0.233 e. The van der Waals surface area contributed by atoms with Crippen molar-refractivity contribution in [1.29, 1.82) is 0 Å². The number of ether oxygens (including phenoxy) is 1. The van der Waals surface area contributed by atoms with Gasteiger partial charge in [0.05, 0.1) is 24.7 Å². The molecule has 0 aliphatic carbocycles. The third-order valence-electron chi connectivity index (χ3n) is 3.82. The average molecular weight is 332 g/mol. The fourth-order valence-electron chi connectivity index (χ4n) is 2.59. The van der Waals surface area contributed by atoms with Crippen molar-refractivity contribution < 1.29 is 9.53 Å². The molecule has 0 saturated carbocycles. The molecule has 2 aromatic rings. The second kappa shape index (κ2) is 7.14. The number of aromatic nitrogens is 3. The van der Waals surface area contributed by atoms with Gasteiger partial charge >= 0.3 is 0 Å². The molecule has 1 fully saturated rings. The minimum absolute atomic E-state index is 0.119. The lowest BCUT2D eigenvalue weighted by atomic mass is 10.1. The lowest BCUT2D eigenvalue weighted by Crippen LogP contribution is -2.41. The number of nitrogens with zero attached hydrogens (tertiary/aromatic N) is 4. The summed E-state index contributed by atoms with van der Waals surface area (Å²) in [6.45, 7) is 6.71. The minimum atomic E-state index is 0.119. The Morgan fingerprint density at radius 1 is 1.30 bits per heavy atom. The number of amides is 1. The van der Waals surface area contributed by atoms with Gasteiger partial charge in [0.15, 0.2) is 5.16 Å². The number of thioether (sulfide) groups is 1. The Labute approximate surface area is 139 Å². The van der Waals surface area contributed by atoms with Crippen molar-refractivity contribution in [3.63, 3.8) is 0 Å². The molecule has 0 N–H and O–H groups in total. The average Bonchev–Trinajstić information content (AvgIpc) is 3.01. The molecule has 7 heteroatoms. The topological polar surface area (TPSA) is 60.2 Å². The van der Waals surface area contributed by atoms with Gasteiger partial charge in [-0.15, -0.1) is 10.2 Å². The van der Waals surface area contributed by atoms with Gasteiger partial charge < -0.3 is 9.64 Å². The second-order valence-corrected chi connectivity index (χ2v) is 6.50. The molecular weight excluding hydrogens is 312 g/mol. The van der Waals surface area contributed by atoms with E-state index in [0.29, 0.717) is 32.1 Å². The van der Waals surface area contributed by atoms with Gasteiger partial charge in [-0.2, -0.15) is 0 Å². The lowest BCUT2D eigenvalue weighted by Gasteiger charge is -2.26. The first kappa shape index (κ1) is 16.0. The highest BCUT2D eigenvalue weighted by atomic mass is 32.2. The van der Waals surface area contributed by atoms with E-state index in [1.165, 1.54) is 17.3 Å². The van der Waals surface area contributed by atoms with Crippen LogP contribution in [0.2, 0.25) is 0 Å². The van der Waals surface area contributed by atoms with Crippen molar-refractivity contribution in [1.82, 2.24) is 19.7 Å². The first-order chi connectivity index (χ1) is 11.1. The van der Waals surface area contributed by atoms with Gasteiger partial charge in [-0.25, -0.2) is 0 Å². The van der Waals surface area contributed by atoms with Crippen LogP contribution in [0.4, 0.5) is 0 Å². The maximum absolute atomic E-state index is 12.2. The maximum Gasteiger partial charge on any atom is 0.233 e. The van der Waals surface area contributed by atoms with Crippen molar-refractivity contribution in [2.24, 2.45) is 0 Å². The van der Waals surface area contributed by atoms with Crippen molar-refractivity contribution in [3.05, 3.63) is 35.7 Å². The Bertz CT molecular complexity index is 695. The first-order valence-electron chi connectivity index (χ1n) is 7.61. The number of hydrogen-bond acceptors (Lipinski definition) is 5. The van der Waals surface area contributed by atoms with E-state index >= 15 is 0 Å². The Balaban J connectivity index is 1.70. The fourth-order valence-corrected chi connectivity index (χ4v) is 3.42. The summed E-state index contributed by atoms with van der Waals surface area (Å²) in [6.07, 6.45) is 1.69. The number of carbonyl (C=O) groups is 1. The van der Waals surface area contributed by atoms with Gasteiger partial charge in [-0.3, -0.25) is 9.36 Å². The summed E-state index contributed by atoms with van der Waals surface area (Å²) < 4.78 is 7.21. The Morgan fingerprint density at radius 2 is 2.09 bits per heavy atom. The van der Waals surface area contributed by atoms with E-state index in [9.17, 15) is 4.79 Å². The number of rotatable bonds is 4. The van der Waals surface area contributed by atoms with E-state index in [-0.39, 0.29) is 5.91 Å². The molecule has 1 amide bonds. The second-order valence-electron chi connectivity index (χ2n) is 5.56. The fraction of sp³-hybridized carbons (Fsp3) is 0.438. The minimum Gasteiger partial charge on any atom is -0.378 e. The van der Waals surface area contributed by atoms with E-state index < -0.39 is 0 Å². The van der Waals surface area contributed by atoms with E-state index in [1.807, 2.05) is 9.47 Å². The van der Waals surface area contributed by atoms with Crippen LogP contribution in [0.5, 0.6) is 0 Å². The number of carbonyl (C=O) groups excluding carboxylic acids is 1. The normalized spacial score (nSPS) is 15.0. The molecule has 1 aliphatic heterocycles. The molecule has 0 spiro atoms. The zero-order valence-electron chi connectivity index (χ0n) is 13.4. The highest BCUT2D eigenvalue weighted by molar-refractivity contribution is 7.99. The number of morpholine rings is 1. The van der Waals surface area contributed by atoms with Crippen molar-refractivity contribution in [2.75, 3.05) is 32.1 Å². The van der Waals surface area contributed by atoms with Gasteiger partial charge in [0.1, 0.15) is 6.33 Å². The third-order valence-corrected chi connectivity index (χ3v) is 4.74. The van der Waals surface area contributed by atoms with Crippen molar-refractivity contribution in [3.8, 4) is 5.69 Å². The Kier molecular flexibility index (Phi) is 4.97. The summed E-state index contributed by atoms with van der Waals surface area (Å²) >= 11 is 1.42. The van der Waals surface area contributed by atoms with E-state index in [1.54, 1.807) is 6.33 Å². The summed E-state index contributed by atoms with van der Waals surface area (Å²) in [4.78, 5) is 14.1. The van der Waals surface area contributed by atoms with Crippen LogP contribution in [-0.4, -0.2) is 57.6 Å². The molecule has 6 nitrogen and oxygen atoms in total. The van der Waals surface area contributed by atoms with Gasteiger partial charge in [0.25, 0.3) is 0 Å². The molecule has 0 radical (unpaired) electrons. The number of benzene rings is 1. The molecule has 1 aliphatic rings. The molecule has 1 saturated heterocycles. The summed E-state index contributed by atoms with van der Waals surface area (Å²) in [7, 11) is 0. The maximum atomic E-state index is 12.2. The summed E-state index contributed by atoms with van der Waals surface area (Å²) in [5.74, 6) is 0.484. The SMILES string of the molecule is Cc1ccc(-n2cnnc2SCC(=O)N2CCOCC2)c(C)c1. The summed E-state index contributed by atoms with van der Waals surface area (Å²) in [6, 6.07) is 6.25. The monoisotopic (exact) mass is 332 g/mol. The van der Waals surface area contributed by atoms with Crippen LogP contribution in [0, 0.1) is 13.8 Å². The van der Waals surface area contributed by atoms with Crippen LogP contribution in [0.15, 0.2) is 29.7 Å². The van der Waals surface area contributed by atoms with Gasteiger partial charge in [-0.1, -0.05) is 29.5 Å².